The van der Waals surface area contributed by atoms with Gasteiger partial charge in [0.05, 0.1) is 17.1 Å². The summed E-state index contributed by atoms with van der Waals surface area (Å²) >= 11 is 0. The summed E-state index contributed by atoms with van der Waals surface area (Å²) in [6, 6.07) is 2.93. The van der Waals surface area contributed by atoms with Gasteiger partial charge in [-0.15, -0.1) is 0 Å². The molecule has 0 fully saturated rings. The first-order valence-electron chi connectivity index (χ1n) is 5.27. The largest absolute Gasteiger partial charge is 0.240 e. The van der Waals surface area contributed by atoms with E-state index in [0.29, 0.717) is 11.3 Å². The smallest absolute Gasteiger partial charge is 0.213 e. The van der Waals surface area contributed by atoms with Crippen molar-refractivity contribution >= 4 is 10.0 Å². The van der Waals surface area contributed by atoms with Crippen molar-refractivity contribution in [3.05, 3.63) is 47.3 Å². The molecule has 1 aromatic heterocycles. The fourth-order valence-corrected chi connectivity index (χ4v) is 2.37. The zero-order valence-electron chi connectivity index (χ0n) is 9.97. The number of halogens is 2. The normalized spacial score (nSPS) is 11.8. The predicted molar refractivity (Wildman–Crippen MR) is 65.0 cm³/mol. The van der Waals surface area contributed by atoms with E-state index in [4.69, 9.17) is 5.14 Å². The van der Waals surface area contributed by atoms with Gasteiger partial charge < -0.3 is 0 Å². The van der Waals surface area contributed by atoms with Crippen LogP contribution in [0.3, 0.4) is 0 Å². The van der Waals surface area contributed by atoms with Crippen LogP contribution in [-0.2, 0) is 15.8 Å². The first kappa shape index (κ1) is 13.6. The highest BCUT2D eigenvalue weighted by Gasteiger charge is 2.13. The van der Waals surface area contributed by atoms with Gasteiger partial charge in [-0.2, -0.15) is 5.10 Å². The van der Waals surface area contributed by atoms with Crippen molar-refractivity contribution in [1.29, 1.82) is 0 Å². The molecule has 2 rings (SSSR count). The number of aromatic nitrogens is 2. The molecule has 0 saturated carbocycles. The van der Waals surface area contributed by atoms with Crippen LogP contribution in [0.15, 0.2) is 24.4 Å². The lowest BCUT2D eigenvalue weighted by molar-refractivity contribution is 0.580. The van der Waals surface area contributed by atoms with E-state index in [1.807, 2.05) is 0 Å². The number of rotatable bonds is 3. The molecule has 2 aromatic rings. The fourth-order valence-electron chi connectivity index (χ4n) is 1.66. The minimum Gasteiger partial charge on any atom is -0.240 e. The molecule has 1 heterocycles. The summed E-state index contributed by atoms with van der Waals surface area (Å²) in [5.74, 6) is -1.86. The molecule has 0 saturated heterocycles. The van der Waals surface area contributed by atoms with Gasteiger partial charge in [-0.1, -0.05) is 0 Å². The molecule has 8 heteroatoms. The molecule has 2 N–H and O–H groups in total. The van der Waals surface area contributed by atoms with E-state index in [0.717, 1.165) is 18.2 Å². The van der Waals surface area contributed by atoms with Crippen LogP contribution in [0.5, 0.6) is 0 Å². The lowest BCUT2D eigenvalue weighted by Crippen LogP contribution is -2.14. The van der Waals surface area contributed by atoms with Crippen molar-refractivity contribution in [3.63, 3.8) is 0 Å². The molecule has 0 aliphatic rings. The Kier molecular flexibility index (Phi) is 3.38. The van der Waals surface area contributed by atoms with Gasteiger partial charge in [-0.05, 0) is 19.1 Å². The third-order valence-corrected chi connectivity index (χ3v) is 3.18. The Morgan fingerprint density at radius 2 is 1.84 bits per heavy atom. The van der Waals surface area contributed by atoms with Gasteiger partial charge in [0.25, 0.3) is 0 Å². The molecule has 0 aliphatic carbocycles. The van der Waals surface area contributed by atoms with Crippen LogP contribution in [0.25, 0.3) is 5.69 Å². The van der Waals surface area contributed by atoms with Crippen LogP contribution in [0.1, 0.15) is 11.3 Å². The number of primary sulfonamides is 1. The monoisotopic (exact) mass is 287 g/mol. The molecule has 0 unspecified atom stereocenters. The first-order chi connectivity index (χ1) is 8.74. The van der Waals surface area contributed by atoms with Crippen molar-refractivity contribution in [3.8, 4) is 5.69 Å². The van der Waals surface area contributed by atoms with Crippen molar-refractivity contribution in [1.82, 2.24) is 9.78 Å². The second-order valence-corrected chi connectivity index (χ2v) is 5.73. The number of benzene rings is 1. The summed E-state index contributed by atoms with van der Waals surface area (Å²) < 4.78 is 49.5. The second kappa shape index (κ2) is 4.71. The summed E-state index contributed by atoms with van der Waals surface area (Å²) in [6.07, 6.45) is 1.38. The standard InChI is InChI=1S/C11H11F2N3O2S/c1-7-8(6-19(14,17)18)5-16(15-7)11-3-9(12)2-10(13)4-11/h2-5H,6H2,1H3,(H2,14,17,18). The van der Waals surface area contributed by atoms with Crippen LogP contribution in [0, 0.1) is 18.6 Å². The maximum Gasteiger partial charge on any atom is 0.213 e. The topological polar surface area (TPSA) is 78.0 Å². The van der Waals surface area contributed by atoms with Crippen LogP contribution in [0.2, 0.25) is 0 Å². The Bertz CT molecular complexity index is 705. The van der Waals surface area contributed by atoms with Gasteiger partial charge in [0.1, 0.15) is 11.6 Å². The minimum atomic E-state index is -3.69. The summed E-state index contributed by atoms with van der Waals surface area (Å²) in [7, 11) is -3.69. The molecular weight excluding hydrogens is 276 g/mol. The molecule has 102 valence electrons. The zero-order chi connectivity index (χ0) is 14.2. The van der Waals surface area contributed by atoms with Crippen LogP contribution < -0.4 is 5.14 Å². The number of hydrogen-bond donors (Lipinski definition) is 1. The van der Waals surface area contributed by atoms with Gasteiger partial charge in [-0.3, -0.25) is 0 Å². The Balaban J connectivity index is 2.44. The van der Waals surface area contributed by atoms with E-state index in [2.05, 4.69) is 5.10 Å². The van der Waals surface area contributed by atoms with Crippen molar-refractivity contribution in [2.75, 3.05) is 0 Å². The number of sulfonamides is 1. The molecule has 1 aromatic carbocycles. The molecule has 0 atom stereocenters. The average Bonchev–Trinajstić information content (AvgIpc) is 2.56. The molecule has 19 heavy (non-hydrogen) atoms. The van der Waals surface area contributed by atoms with Crippen molar-refractivity contribution < 1.29 is 17.2 Å². The molecule has 0 radical (unpaired) electrons. The molecule has 0 spiro atoms. The third-order valence-electron chi connectivity index (χ3n) is 2.47. The number of nitrogens with two attached hydrogens (primary N) is 1. The Labute approximate surface area is 108 Å². The maximum absolute atomic E-state index is 13.1. The third kappa shape index (κ3) is 3.36. The maximum atomic E-state index is 13.1. The van der Waals surface area contributed by atoms with Gasteiger partial charge in [0.2, 0.25) is 10.0 Å². The van der Waals surface area contributed by atoms with E-state index >= 15 is 0 Å². The Morgan fingerprint density at radius 3 is 2.37 bits per heavy atom. The Hall–Kier alpha value is -1.80. The zero-order valence-corrected chi connectivity index (χ0v) is 10.8. The molecule has 0 amide bonds. The summed E-state index contributed by atoms with van der Waals surface area (Å²) in [6.45, 7) is 1.59. The highest BCUT2D eigenvalue weighted by atomic mass is 32.2. The van der Waals surface area contributed by atoms with E-state index in [9.17, 15) is 17.2 Å². The van der Waals surface area contributed by atoms with Crippen molar-refractivity contribution in [2.45, 2.75) is 12.7 Å². The lowest BCUT2D eigenvalue weighted by atomic mass is 10.3. The van der Waals surface area contributed by atoms with E-state index < -0.39 is 21.7 Å². The van der Waals surface area contributed by atoms with Crippen molar-refractivity contribution in [2.24, 2.45) is 5.14 Å². The quantitative estimate of drug-likeness (QED) is 0.922. The van der Waals surface area contributed by atoms with E-state index in [1.165, 1.54) is 10.9 Å². The summed E-state index contributed by atoms with van der Waals surface area (Å²) in [5.41, 5.74) is 0.979. The van der Waals surface area contributed by atoms with Gasteiger partial charge in [0, 0.05) is 17.8 Å². The predicted octanol–water partition coefficient (Wildman–Crippen LogP) is 1.25. The number of aryl methyl sites for hydroxylation is 1. The van der Waals surface area contributed by atoms with Gasteiger partial charge in [-0.25, -0.2) is 27.0 Å². The molecule has 0 bridgehead atoms. The number of nitrogens with zero attached hydrogens (tertiary/aromatic N) is 2. The number of hydrogen-bond acceptors (Lipinski definition) is 3. The second-order valence-electron chi connectivity index (χ2n) is 4.12. The first-order valence-corrected chi connectivity index (χ1v) is 6.98. The molecule has 5 nitrogen and oxygen atoms in total. The summed E-state index contributed by atoms with van der Waals surface area (Å²) in [5, 5.41) is 8.96. The average molecular weight is 287 g/mol. The SMILES string of the molecule is Cc1nn(-c2cc(F)cc(F)c2)cc1CS(N)(=O)=O. The van der Waals surface area contributed by atoms with Gasteiger partial charge >= 0.3 is 0 Å². The van der Waals surface area contributed by atoms with E-state index in [1.54, 1.807) is 6.92 Å². The van der Waals surface area contributed by atoms with Crippen LogP contribution in [-0.4, -0.2) is 18.2 Å². The fraction of sp³-hybridized carbons (Fsp3) is 0.182. The highest BCUT2D eigenvalue weighted by molar-refractivity contribution is 7.88. The Morgan fingerprint density at radius 1 is 1.26 bits per heavy atom. The minimum absolute atomic E-state index is 0.168. The van der Waals surface area contributed by atoms with Gasteiger partial charge in [0.15, 0.2) is 0 Å². The molecule has 0 aliphatic heterocycles. The van der Waals surface area contributed by atoms with E-state index in [-0.39, 0.29) is 11.4 Å². The lowest BCUT2D eigenvalue weighted by Gasteiger charge is -2.01. The summed E-state index contributed by atoms with van der Waals surface area (Å²) in [4.78, 5) is 0. The van der Waals surface area contributed by atoms with Crippen LogP contribution >= 0.6 is 0 Å². The highest BCUT2D eigenvalue weighted by Crippen LogP contribution is 2.16. The van der Waals surface area contributed by atoms with Crippen LogP contribution in [0.4, 0.5) is 8.78 Å². The molecular formula is C11H11F2N3O2S.